The molecule has 10 nitrogen and oxygen atoms in total. The molecule has 2 fully saturated rings. The maximum Gasteiger partial charge on any atom is 0.257 e. The number of carbonyl (C=O) groups excluding carboxylic acids is 3. The Kier molecular flexibility index (Phi) is 5.53. The van der Waals surface area contributed by atoms with E-state index in [0.29, 0.717) is 24.3 Å². The highest BCUT2D eigenvalue weighted by molar-refractivity contribution is 7.89. The van der Waals surface area contributed by atoms with Crippen LogP contribution in [0.3, 0.4) is 0 Å². The molecule has 3 amide bonds. The van der Waals surface area contributed by atoms with E-state index >= 15 is 0 Å². The van der Waals surface area contributed by atoms with Crippen molar-refractivity contribution in [1.82, 2.24) is 19.0 Å². The molecule has 0 saturated carbocycles. The fraction of sp³-hybridized carbons (Fsp3) is 0.455. The lowest BCUT2D eigenvalue weighted by atomic mass is 10.1. The Hall–Kier alpha value is -3.05. The molecule has 0 bridgehead atoms. The lowest BCUT2D eigenvalue weighted by Gasteiger charge is -2.34. The van der Waals surface area contributed by atoms with Gasteiger partial charge in [0.05, 0.1) is 28.0 Å². The molecule has 0 aliphatic carbocycles. The smallest absolute Gasteiger partial charge is 0.257 e. The summed E-state index contributed by atoms with van der Waals surface area (Å²) in [5.74, 6) is -0.660. The van der Waals surface area contributed by atoms with Crippen LogP contribution in [0, 0.1) is 0 Å². The molecule has 33 heavy (non-hydrogen) atoms. The molecular formula is C22H25N5O5S. The van der Waals surface area contributed by atoms with E-state index in [4.69, 9.17) is 0 Å². The standard InChI is InChI=1S/C22H25N5O5S/c28-20-8-9-21(29)27(20)16-4-6-17(7-5-16)33(31,32)25-13-11-24(12-14-25)22(30)18-15-23-26-10-2-1-3-19(18)26/h4-7,15H,1-3,8-14H2. The fourth-order valence-electron chi connectivity index (χ4n) is 4.68. The number of sulfonamides is 1. The summed E-state index contributed by atoms with van der Waals surface area (Å²) in [5.41, 5.74) is 1.96. The van der Waals surface area contributed by atoms with Crippen molar-refractivity contribution >= 4 is 33.4 Å². The number of amides is 3. The van der Waals surface area contributed by atoms with Gasteiger partial charge >= 0.3 is 0 Å². The lowest BCUT2D eigenvalue weighted by molar-refractivity contribution is -0.121. The fourth-order valence-corrected chi connectivity index (χ4v) is 6.10. The first kappa shape index (κ1) is 21.8. The number of nitrogens with zero attached hydrogens (tertiary/aromatic N) is 5. The molecule has 3 aliphatic heterocycles. The summed E-state index contributed by atoms with van der Waals surface area (Å²) in [6.45, 7) is 1.83. The second-order valence-corrected chi connectivity index (χ2v) is 10.4. The first-order valence-electron chi connectivity index (χ1n) is 11.2. The van der Waals surface area contributed by atoms with Crippen LogP contribution in [0.25, 0.3) is 0 Å². The van der Waals surface area contributed by atoms with Gasteiger partial charge in [-0.25, -0.2) is 8.42 Å². The first-order valence-corrected chi connectivity index (χ1v) is 12.6. The summed E-state index contributed by atoms with van der Waals surface area (Å²) in [6.07, 6.45) is 4.90. The van der Waals surface area contributed by atoms with Gasteiger partial charge < -0.3 is 4.90 Å². The van der Waals surface area contributed by atoms with Crippen molar-refractivity contribution in [2.75, 3.05) is 31.1 Å². The van der Waals surface area contributed by atoms with Gasteiger partial charge in [-0.3, -0.25) is 24.0 Å². The van der Waals surface area contributed by atoms with Crippen LogP contribution < -0.4 is 4.90 Å². The van der Waals surface area contributed by atoms with Crippen LogP contribution in [0.5, 0.6) is 0 Å². The number of hydrogen-bond acceptors (Lipinski definition) is 6. The number of rotatable bonds is 4. The third-order valence-electron chi connectivity index (χ3n) is 6.52. The van der Waals surface area contributed by atoms with Crippen LogP contribution in [0.15, 0.2) is 35.4 Å². The van der Waals surface area contributed by atoms with E-state index in [9.17, 15) is 22.8 Å². The average molecular weight is 472 g/mol. The molecule has 5 rings (SSSR count). The third kappa shape index (κ3) is 3.84. The predicted octanol–water partition coefficient (Wildman–Crippen LogP) is 1.02. The Balaban J connectivity index is 1.26. The number of benzene rings is 1. The van der Waals surface area contributed by atoms with E-state index in [1.165, 1.54) is 28.6 Å². The molecule has 1 aromatic heterocycles. The quantitative estimate of drug-likeness (QED) is 0.616. The zero-order chi connectivity index (χ0) is 23.2. The number of fused-ring (bicyclic) bond motifs is 1. The minimum Gasteiger partial charge on any atom is -0.336 e. The number of aryl methyl sites for hydroxylation is 1. The topological polar surface area (TPSA) is 113 Å². The van der Waals surface area contributed by atoms with Gasteiger partial charge in [-0.05, 0) is 43.5 Å². The molecule has 0 radical (unpaired) electrons. The Bertz CT molecular complexity index is 1200. The number of hydrogen-bond donors (Lipinski definition) is 0. The van der Waals surface area contributed by atoms with Gasteiger partial charge in [0.1, 0.15) is 0 Å². The highest BCUT2D eigenvalue weighted by Crippen LogP contribution is 2.26. The zero-order valence-corrected chi connectivity index (χ0v) is 19.0. The largest absolute Gasteiger partial charge is 0.336 e. The SMILES string of the molecule is O=C(c1cnn2c1CCCC2)N1CCN(S(=O)(=O)c2ccc(N3C(=O)CCC3=O)cc2)CC1. The molecular weight excluding hydrogens is 446 g/mol. The Morgan fingerprint density at radius 2 is 1.52 bits per heavy atom. The van der Waals surface area contributed by atoms with Crippen molar-refractivity contribution in [3.63, 3.8) is 0 Å². The number of piperazine rings is 1. The zero-order valence-electron chi connectivity index (χ0n) is 18.1. The van der Waals surface area contributed by atoms with Crippen molar-refractivity contribution in [1.29, 1.82) is 0 Å². The first-order chi connectivity index (χ1) is 15.9. The molecule has 174 valence electrons. The third-order valence-corrected chi connectivity index (χ3v) is 8.44. The Morgan fingerprint density at radius 1 is 0.848 bits per heavy atom. The van der Waals surface area contributed by atoms with Gasteiger partial charge in [0, 0.05) is 45.6 Å². The minimum atomic E-state index is -3.76. The minimum absolute atomic E-state index is 0.0934. The van der Waals surface area contributed by atoms with Gasteiger partial charge in [0.25, 0.3) is 5.91 Å². The molecule has 0 spiro atoms. The van der Waals surface area contributed by atoms with E-state index in [1.54, 1.807) is 11.1 Å². The van der Waals surface area contributed by atoms with Crippen LogP contribution in [0.2, 0.25) is 0 Å². The molecule has 0 atom stereocenters. The molecule has 4 heterocycles. The number of carbonyl (C=O) groups is 3. The lowest BCUT2D eigenvalue weighted by Crippen LogP contribution is -2.50. The second kappa shape index (κ2) is 8.38. The summed E-state index contributed by atoms with van der Waals surface area (Å²) in [7, 11) is -3.76. The van der Waals surface area contributed by atoms with Crippen molar-refractivity contribution < 1.29 is 22.8 Å². The summed E-state index contributed by atoms with van der Waals surface area (Å²) < 4.78 is 29.5. The molecule has 2 aromatic rings. The molecule has 11 heteroatoms. The number of imide groups is 1. The van der Waals surface area contributed by atoms with E-state index in [0.717, 1.165) is 36.4 Å². The van der Waals surface area contributed by atoms with Gasteiger partial charge in [0.15, 0.2) is 0 Å². The highest BCUT2D eigenvalue weighted by Gasteiger charge is 2.33. The summed E-state index contributed by atoms with van der Waals surface area (Å²) in [5, 5.41) is 4.33. The van der Waals surface area contributed by atoms with Crippen LogP contribution >= 0.6 is 0 Å². The van der Waals surface area contributed by atoms with Gasteiger partial charge in [0.2, 0.25) is 21.8 Å². The molecule has 3 aliphatic rings. The van der Waals surface area contributed by atoms with Gasteiger partial charge in [-0.1, -0.05) is 0 Å². The van der Waals surface area contributed by atoms with Gasteiger partial charge in [-0.2, -0.15) is 9.40 Å². The molecule has 0 N–H and O–H groups in total. The van der Waals surface area contributed by atoms with E-state index in [-0.39, 0.29) is 48.5 Å². The highest BCUT2D eigenvalue weighted by atomic mass is 32.2. The molecule has 0 unspecified atom stereocenters. The summed E-state index contributed by atoms with van der Waals surface area (Å²) in [6, 6.07) is 5.80. The van der Waals surface area contributed by atoms with Crippen molar-refractivity contribution in [3.05, 3.63) is 41.7 Å². The van der Waals surface area contributed by atoms with Crippen LogP contribution in [0.4, 0.5) is 5.69 Å². The molecule has 1 aromatic carbocycles. The van der Waals surface area contributed by atoms with E-state index in [1.807, 2.05) is 4.68 Å². The summed E-state index contributed by atoms with van der Waals surface area (Å²) in [4.78, 5) is 39.7. The van der Waals surface area contributed by atoms with Crippen LogP contribution in [0.1, 0.15) is 41.7 Å². The number of anilines is 1. The van der Waals surface area contributed by atoms with Crippen molar-refractivity contribution in [2.24, 2.45) is 0 Å². The normalized spacial score (nSPS) is 19.8. The van der Waals surface area contributed by atoms with Crippen molar-refractivity contribution in [2.45, 2.75) is 43.5 Å². The van der Waals surface area contributed by atoms with E-state index < -0.39 is 10.0 Å². The summed E-state index contributed by atoms with van der Waals surface area (Å²) >= 11 is 0. The second-order valence-electron chi connectivity index (χ2n) is 8.50. The maximum absolute atomic E-state index is 13.1. The average Bonchev–Trinajstić information content (AvgIpc) is 3.41. The number of aromatic nitrogens is 2. The predicted molar refractivity (Wildman–Crippen MR) is 118 cm³/mol. The Labute approximate surface area is 191 Å². The van der Waals surface area contributed by atoms with Crippen LogP contribution in [-0.4, -0.2) is 71.3 Å². The van der Waals surface area contributed by atoms with Crippen LogP contribution in [-0.2, 0) is 32.6 Å². The maximum atomic E-state index is 13.1. The van der Waals surface area contributed by atoms with E-state index in [2.05, 4.69) is 5.10 Å². The molecule has 2 saturated heterocycles. The van der Waals surface area contributed by atoms with Crippen molar-refractivity contribution in [3.8, 4) is 0 Å². The Morgan fingerprint density at radius 3 is 2.18 bits per heavy atom. The van der Waals surface area contributed by atoms with Gasteiger partial charge in [-0.15, -0.1) is 0 Å². The monoisotopic (exact) mass is 471 g/mol.